The number of hydrogen-bond acceptors (Lipinski definition) is 4. The number of benzene rings is 2. The van der Waals surface area contributed by atoms with Crippen LogP contribution >= 0.6 is 48.0 Å². The summed E-state index contributed by atoms with van der Waals surface area (Å²) in [5, 5.41) is 11.3. The number of ether oxygens (including phenoxy) is 1. The zero-order valence-corrected chi connectivity index (χ0v) is 18.6. The highest BCUT2D eigenvalue weighted by atomic mass is 35.5. The second-order valence-electron chi connectivity index (χ2n) is 6.60. The SMILES string of the molecule is Cl.Cl.OC(COc1ccc(Cl)cc1Cl)CN1CCN(Cc2ccccc2)CC1. The number of β-amino-alcohol motifs (C(OH)–C–C–N with tert-alkyl or cyclic N) is 1. The molecule has 28 heavy (non-hydrogen) atoms. The van der Waals surface area contributed by atoms with E-state index in [2.05, 4.69) is 34.1 Å². The van der Waals surface area contributed by atoms with Gasteiger partial charge in [-0.15, -0.1) is 24.8 Å². The molecule has 1 saturated heterocycles. The molecule has 3 rings (SSSR count). The van der Waals surface area contributed by atoms with Crippen LogP contribution in [-0.4, -0.2) is 60.3 Å². The van der Waals surface area contributed by atoms with E-state index in [1.807, 2.05) is 6.07 Å². The minimum atomic E-state index is -0.553. The summed E-state index contributed by atoms with van der Waals surface area (Å²) in [4.78, 5) is 4.72. The smallest absolute Gasteiger partial charge is 0.138 e. The fraction of sp³-hybridized carbons (Fsp3) is 0.400. The van der Waals surface area contributed by atoms with Gasteiger partial charge in [-0.1, -0.05) is 53.5 Å². The average Bonchev–Trinajstić information content (AvgIpc) is 2.63. The summed E-state index contributed by atoms with van der Waals surface area (Å²) in [5.74, 6) is 0.544. The Labute approximate surface area is 189 Å². The number of piperazine rings is 1. The van der Waals surface area contributed by atoms with E-state index in [-0.39, 0.29) is 31.4 Å². The first kappa shape index (κ1) is 25.3. The minimum absolute atomic E-state index is 0. The van der Waals surface area contributed by atoms with Crippen molar-refractivity contribution in [3.8, 4) is 5.75 Å². The fourth-order valence-corrected chi connectivity index (χ4v) is 3.56. The lowest BCUT2D eigenvalue weighted by molar-refractivity contribution is 0.0446. The van der Waals surface area contributed by atoms with Gasteiger partial charge in [0.1, 0.15) is 18.5 Å². The predicted octanol–water partition coefficient (Wildman–Crippen LogP) is 4.39. The van der Waals surface area contributed by atoms with Crippen LogP contribution in [0.1, 0.15) is 5.56 Å². The highest BCUT2D eigenvalue weighted by Gasteiger charge is 2.19. The largest absolute Gasteiger partial charge is 0.489 e. The second-order valence-corrected chi connectivity index (χ2v) is 7.45. The van der Waals surface area contributed by atoms with E-state index in [1.54, 1.807) is 18.2 Å². The van der Waals surface area contributed by atoms with Gasteiger partial charge in [0.2, 0.25) is 0 Å². The van der Waals surface area contributed by atoms with E-state index in [4.69, 9.17) is 27.9 Å². The molecule has 1 aliphatic rings. The monoisotopic (exact) mass is 466 g/mol. The molecule has 0 aliphatic carbocycles. The summed E-state index contributed by atoms with van der Waals surface area (Å²) in [6.07, 6.45) is -0.553. The Balaban J connectivity index is 0.00000196. The maximum absolute atomic E-state index is 10.3. The molecular weight excluding hydrogens is 442 g/mol. The molecule has 1 unspecified atom stereocenters. The van der Waals surface area contributed by atoms with Gasteiger partial charge in [-0.2, -0.15) is 0 Å². The lowest BCUT2D eigenvalue weighted by Crippen LogP contribution is -2.48. The lowest BCUT2D eigenvalue weighted by Gasteiger charge is -2.35. The van der Waals surface area contributed by atoms with Crippen LogP contribution < -0.4 is 4.74 Å². The summed E-state index contributed by atoms with van der Waals surface area (Å²) in [6, 6.07) is 15.6. The van der Waals surface area contributed by atoms with Crippen LogP contribution in [-0.2, 0) is 6.54 Å². The number of rotatable bonds is 7. The van der Waals surface area contributed by atoms with Gasteiger partial charge in [0, 0.05) is 44.3 Å². The molecule has 4 nitrogen and oxygen atoms in total. The van der Waals surface area contributed by atoms with Crippen LogP contribution in [0.4, 0.5) is 0 Å². The van der Waals surface area contributed by atoms with Crippen molar-refractivity contribution in [2.45, 2.75) is 12.6 Å². The summed E-state index contributed by atoms with van der Waals surface area (Å²) in [5.41, 5.74) is 1.34. The summed E-state index contributed by atoms with van der Waals surface area (Å²) >= 11 is 12.0. The molecule has 2 aromatic carbocycles. The highest BCUT2D eigenvalue weighted by Crippen LogP contribution is 2.27. The summed E-state index contributed by atoms with van der Waals surface area (Å²) in [7, 11) is 0. The summed E-state index contributed by atoms with van der Waals surface area (Å²) in [6.45, 7) is 5.71. The molecule has 2 aromatic rings. The number of nitrogens with zero attached hydrogens (tertiary/aromatic N) is 2. The summed E-state index contributed by atoms with van der Waals surface area (Å²) < 4.78 is 5.62. The molecule has 156 valence electrons. The lowest BCUT2D eigenvalue weighted by atomic mass is 10.2. The van der Waals surface area contributed by atoms with E-state index in [0.29, 0.717) is 22.3 Å². The topological polar surface area (TPSA) is 35.9 Å². The minimum Gasteiger partial charge on any atom is -0.489 e. The Morgan fingerprint density at radius 1 is 0.929 bits per heavy atom. The number of halogens is 4. The van der Waals surface area contributed by atoms with Gasteiger partial charge in [0.15, 0.2) is 0 Å². The van der Waals surface area contributed by atoms with Crippen molar-refractivity contribution in [3.63, 3.8) is 0 Å². The Morgan fingerprint density at radius 2 is 1.57 bits per heavy atom. The molecular formula is C20H26Cl4N2O2. The molecule has 0 spiro atoms. The molecule has 0 aromatic heterocycles. The second kappa shape index (κ2) is 12.8. The van der Waals surface area contributed by atoms with Crippen LogP contribution in [0.15, 0.2) is 48.5 Å². The van der Waals surface area contributed by atoms with Crippen molar-refractivity contribution in [1.29, 1.82) is 0 Å². The third-order valence-electron chi connectivity index (χ3n) is 4.51. The molecule has 1 N–H and O–H groups in total. The molecule has 1 heterocycles. The van der Waals surface area contributed by atoms with Crippen molar-refractivity contribution in [2.75, 3.05) is 39.3 Å². The van der Waals surface area contributed by atoms with Crippen molar-refractivity contribution in [3.05, 3.63) is 64.1 Å². The van der Waals surface area contributed by atoms with E-state index >= 15 is 0 Å². The average molecular weight is 468 g/mol. The van der Waals surface area contributed by atoms with E-state index in [1.165, 1.54) is 5.56 Å². The quantitative estimate of drug-likeness (QED) is 0.654. The van der Waals surface area contributed by atoms with Crippen LogP contribution in [0.25, 0.3) is 0 Å². The van der Waals surface area contributed by atoms with Gasteiger partial charge in [-0.05, 0) is 23.8 Å². The zero-order chi connectivity index (χ0) is 18.4. The Morgan fingerprint density at radius 3 is 2.21 bits per heavy atom. The molecule has 1 atom stereocenters. The van der Waals surface area contributed by atoms with Gasteiger partial charge < -0.3 is 9.84 Å². The first-order chi connectivity index (χ1) is 12.6. The third kappa shape index (κ3) is 7.96. The standard InChI is InChI=1S/C20H24Cl2N2O2.2ClH/c21-17-6-7-20(19(22)12-17)26-15-18(25)14-24-10-8-23(9-11-24)13-16-4-2-1-3-5-16;;/h1-7,12,18,25H,8-11,13-15H2;2*1H. The molecule has 1 fully saturated rings. The van der Waals surface area contributed by atoms with Gasteiger partial charge in [-0.3, -0.25) is 9.80 Å². The van der Waals surface area contributed by atoms with E-state index in [0.717, 1.165) is 32.7 Å². The van der Waals surface area contributed by atoms with E-state index < -0.39 is 6.10 Å². The highest BCUT2D eigenvalue weighted by molar-refractivity contribution is 6.35. The first-order valence-electron chi connectivity index (χ1n) is 8.85. The first-order valence-corrected chi connectivity index (χ1v) is 9.60. The van der Waals surface area contributed by atoms with Crippen LogP contribution in [0.2, 0.25) is 10.0 Å². The molecule has 0 bridgehead atoms. The Kier molecular flexibility index (Phi) is 11.5. The van der Waals surface area contributed by atoms with Crippen LogP contribution in [0.5, 0.6) is 5.75 Å². The van der Waals surface area contributed by atoms with Crippen molar-refractivity contribution in [2.24, 2.45) is 0 Å². The van der Waals surface area contributed by atoms with Gasteiger partial charge in [0.05, 0.1) is 5.02 Å². The molecule has 0 amide bonds. The van der Waals surface area contributed by atoms with Gasteiger partial charge in [0.25, 0.3) is 0 Å². The Bertz CT molecular complexity index is 698. The van der Waals surface area contributed by atoms with Gasteiger partial charge >= 0.3 is 0 Å². The molecule has 8 heteroatoms. The normalized spacial score (nSPS) is 16.0. The zero-order valence-electron chi connectivity index (χ0n) is 15.5. The van der Waals surface area contributed by atoms with Crippen LogP contribution in [0.3, 0.4) is 0 Å². The number of hydrogen-bond donors (Lipinski definition) is 1. The number of aliphatic hydroxyl groups is 1. The number of aliphatic hydroxyl groups excluding tert-OH is 1. The van der Waals surface area contributed by atoms with Crippen LogP contribution in [0, 0.1) is 0 Å². The molecule has 1 aliphatic heterocycles. The predicted molar refractivity (Wildman–Crippen MR) is 121 cm³/mol. The van der Waals surface area contributed by atoms with Crippen molar-refractivity contribution >= 4 is 48.0 Å². The van der Waals surface area contributed by atoms with Gasteiger partial charge in [-0.25, -0.2) is 0 Å². The maximum Gasteiger partial charge on any atom is 0.138 e. The molecule has 0 saturated carbocycles. The third-order valence-corrected chi connectivity index (χ3v) is 5.04. The van der Waals surface area contributed by atoms with E-state index in [9.17, 15) is 5.11 Å². The fourth-order valence-electron chi connectivity index (χ4n) is 3.10. The maximum atomic E-state index is 10.3. The van der Waals surface area contributed by atoms with Crippen molar-refractivity contribution < 1.29 is 9.84 Å². The Hall–Kier alpha value is -0.720. The molecule has 0 radical (unpaired) electrons. The van der Waals surface area contributed by atoms with Crippen molar-refractivity contribution in [1.82, 2.24) is 9.80 Å².